The molecule has 2 atom stereocenters. The first-order valence-corrected chi connectivity index (χ1v) is 9.80. The number of carbonyl (C=O) groups excluding carboxylic acids is 1. The van der Waals surface area contributed by atoms with Gasteiger partial charge in [-0.25, -0.2) is 4.98 Å². The van der Waals surface area contributed by atoms with Gasteiger partial charge in [-0.1, -0.05) is 24.9 Å². The summed E-state index contributed by atoms with van der Waals surface area (Å²) < 4.78 is 11.3. The summed E-state index contributed by atoms with van der Waals surface area (Å²) in [5.74, 6) is 0.957. The molecule has 2 saturated carbocycles. The van der Waals surface area contributed by atoms with E-state index in [1.807, 2.05) is 13.0 Å². The zero-order valence-electron chi connectivity index (χ0n) is 15.6. The molecule has 0 aliphatic heterocycles. The minimum atomic E-state index is -0.106. The molecule has 0 unspecified atom stereocenters. The number of nitrogens with zero attached hydrogens (tertiary/aromatic N) is 2. The van der Waals surface area contributed by atoms with Crippen molar-refractivity contribution in [1.29, 1.82) is 0 Å². The summed E-state index contributed by atoms with van der Waals surface area (Å²) in [4.78, 5) is 17.3. The molecule has 0 spiro atoms. The molecule has 2 aliphatic rings. The fraction of sp³-hybridized carbons (Fsp3) is 0.650. The number of ether oxygens (including phenoxy) is 1. The summed E-state index contributed by atoms with van der Waals surface area (Å²) >= 11 is 0. The molecule has 2 aliphatic carbocycles. The number of rotatable bonds is 6. The van der Waals surface area contributed by atoms with Gasteiger partial charge in [0.2, 0.25) is 0 Å². The Morgan fingerprint density at radius 1 is 1.31 bits per heavy atom. The van der Waals surface area contributed by atoms with Gasteiger partial charge in [-0.3, -0.25) is 4.79 Å². The molecular formula is C20H27N3O3. The molecule has 6 nitrogen and oxygen atoms in total. The van der Waals surface area contributed by atoms with Crippen molar-refractivity contribution in [1.82, 2.24) is 15.5 Å². The Kier molecular flexibility index (Phi) is 4.94. The van der Waals surface area contributed by atoms with Crippen molar-refractivity contribution in [3.63, 3.8) is 0 Å². The second kappa shape index (κ2) is 7.35. The largest absolute Gasteiger partial charge is 0.376 e. The van der Waals surface area contributed by atoms with E-state index in [1.54, 1.807) is 0 Å². The smallest absolute Gasteiger partial charge is 0.259 e. The first-order valence-electron chi connectivity index (χ1n) is 9.80. The van der Waals surface area contributed by atoms with Crippen LogP contribution in [-0.2, 0) is 4.74 Å². The van der Waals surface area contributed by atoms with Crippen LogP contribution in [0.2, 0.25) is 0 Å². The number of carbonyl (C=O) groups is 1. The quantitative estimate of drug-likeness (QED) is 0.797. The second-order valence-corrected chi connectivity index (χ2v) is 7.74. The van der Waals surface area contributed by atoms with Crippen molar-refractivity contribution in [2.75, 3.05) is 13.2 Å². The molecule has 6 heteroatoms. The van der Waals surface area contributed by atoms with Crippen LogP contribution in [0.1, 0.15) is 73.1 Å². The zero-order valence-corrected chi connectivity index (χ0v) is 15.6. The van der Waals surface area contributed by atoms with Crippen LogP contribution in [-0.4, -0.2) is 35.3 Å². The van der Waals surface area contributed by atoms with Gasteiger partial charge >= 0.3 is 0 Å². The normalized spacial score (nSPS) is 23.3. The second-order valence-electron chi connectivity index (χ2n) is 7.74. The molecular weight excluding hydrogens is 330 g/mol. The Hall–Kier alpha value is -1.95. The number of pyridine rings is 1. The molecule has 2 heterocycles. The topological polar surface area (TPSA) is 77.2 Å². The van der Waals surface area contributed by atoms with E-state index in [1.165, 1.54) is 19.3 Å². The Bertz CT molecular complexity index is 797. The predicted molar refractivity (Wildman–Crippen MR) is 98.2 cm³/mol. The van der Waals surface area contributed by atoms with Gasteiger partial charge in [-0.2, -0.15) is 0 Å². The summed E-state index contributed by atoms with van der Waals surface area (Å²) in [6.07, 6.45) is 7.49. The average Bonchev–Trinajstić information content (AvgIpc) is 3.43. The summed E-state index contributed by atoms with van der Waals surface area (Å²) in [6, 6.07) is 1.91. The molecule has 0 radical (unpaired) electrons. The van der Waals surface area contributed by atoms with E-state index in [4.69, 9.17) is 9.26 Å². The molecule has 140 valence electrons. The summed E-state index contributed by atoms with van der Waals surface area (Å²) in [6.45, 7) is 5.15. The van der Waals surface area contributed by atoms with Gasteiger partial charge in [-0.05, 0) is 44.6 Å². The highest BCUT2D eigenvalue weighted by molar-refractivity contribution is 6.06. The van der Waals surface area contributed by atoms with E-state index < -0.39 is 0 Å². The SMILES string of the molecule is Cc1noc2nc(C3CC3)cc(C(=O)NCCO[C@H]3CCCC[C@H]3C)c12. The predicted octanol–water partition coefficient (Wildman–Crippen LogP) is 3.73. The van der Waals surface area contributed by atoms with Gasteiger partial charge in [0.25, 0.3) is 11.6 Å². The van der Waals surface area contributed by atoms with E-state index in [0.717, 1.165) is 25.0 Å². The Morgan fingerprint density at radius 2 is 2.12 bits per heavy atom. The average molecular weight is 357 g/mol. The van der Waals surface area contributed by atoms with Gasteiger partial charge in [0.1, 0.15) is 0 Å². The van der Waals surface area contributed by atoms with Gasteiger partial charge in [-0.15, -0.1) is 0 Å². The Balaban J connectivity index is 1.40. The molecule has 2 aromatic rings. The molecule has 0 bridgehead atoms. The standard InChI is InChI=1S/C20H27N3O3/c1-12-5-3-4-6-17(12)25-10-9-21-19(24)15-11-16(14-7-8-14)22-20-18(15)13(2)23-26-20/h11-12,14,17H,3-10H2,1-2H3,(H,21,24)/t12-,17+/m1/s1. The lowest BCUT2D eigenvalue weighted by Crippen LogP contribution is -2.32. The van der Waals surface area contributed by atoms with Crippen LogP contribution < -0.4 is 5.32 Å². The fourth-order valence-electron chi connectivity index (χ4n) is 3.88. The monoisotopic (exact) mass is 357 g/mol. The van der Waals surface area contributed by atoms with Crippen molar-refractivity contribution in [2.45, 2.75) is 64.4 Å². The van der Waals surface area contributed by atoms with Crippen molar-refractivity contribution in [2.24, 2.45) is 5.92 Å². The number of fused-ring (bicyclic) bond motifs is 1. The van der Waals surface area contributed by atoms with E-state index in [9.17, 15) is 4.79 Å². The van der Waals surface area contributed by atoms with Crippen molar-refractivity contribution < 1.29 is 14.1 Å². The first-order chi connectivity index (χ1) is 12.6. The summed E-state index contributed by atoms with van der Waals surface area (Å²) in [5, 5.41) is 7.69. The number of aryl methyl sites for hydroxylation is 1. The fourth-order valence-corrected chi connectivity index (χ4v) is 3.88. The van der Waals surface area contributed by atoms with Crippen molar-refractivity contribution in [3.8, 4) is 0 Å². The van der Waals surface area contributed by atoms with Crippen LogP contribution in [0.15, 0.2) is 10.6 Å². The third-order valence-electron chi connectivity index (χ3n) is 5.63. The number of hydrogen-bond acceptors (Lipinski definition) is 5. The molecule has 1 N–H and O–H groups in total. The number of nitrogens with one attached hydrogen (secondary N) is 1. The van der Waals surface area contributed by atoms with Crippen LogP contribution in [0.3, 0.4) is 0 Å². The molecule has 4 rings (SSSR count). The number of aromatic nitrogens is 2. The minimum absolute atomic E-state index is 0.106. The van der Waals surface area contributed by atoms with E-state index in [2.05, 4.69) is 22.4 Å². The van der Waals surface area contributed by atoms with Crippen LogP contribution in [0.4, 0.5) is 0 Å². The Labute approximate surface area is 153 Å². The summed E-state index contributed by atoms with van der Waals surface area (Å²) in [7, 11) is 0. The molecule has 2 fully saturated rings. The zero-order chi connectivity index (χ0) is 18.1. The van der Waals surface area contributed by atoms with E-state index in [-0.39, 0.29) is 5.91 Å². The molecule has 0 saturated heterocycles. The lowest BCUT2D eigenvalue weighted by atomic mass is 9.88. The molecule has 26 heavy (non-hydrogen) atoms. The minimum Gasteiger partial charge on any atom is -0.376 e. The van der Waals surface area contributed by atoms with Crippen molar-refractivity contribution in [3.05, 3.63) is 23.0 Å². The lowest BCUT2D eigenvalue weighted by Gasteiger charge is -2.28. The summed E-state index contributed by atoms with van der Waals surface area (Å²) in [5.41, 5.74) is 2.71. The van der Waals surface area contributed by atoms with E-state index >= 15 is 0 Å². The molecule has 2 aromatic heterocycles. The third kappa shape index (κ3) is 3.61. The van der Waals surface area contributed by atoms with Gasteiger partial charge in [0, 0.05) is 18.2 Å². The lowest BCUT2D eigenvalue weighted by molar-refractivity contribution is -0.00293. The maximum absolute atomic E-state index is 12.8. The molecule has 1 amide bonds. The van der Waals surface area contributed by atoms with Crippen molar-refractivity contribution >= 4 is 17.0 Å². The number of amides is 1. The molecule has 0 aromatic carbocycles. The third-order valence-corrected chi connectivity index (χ3v) is 5.63. The number of hydrogen-bond donors (Lipinski definition) is 1. The maximum Gasteiger partial charge on any atom is 0.259 e. The Morgan fingerprint density at radius 3 is 2.88 bits per heavy atom. The highest BCUT2D eigenvalue weighted by Gasteiger charge is 2.28. The first kappa shape index (κ1) is 17.5. The van der Waals surface area contributed by atoms with Crippen LogP contribution >= 0.6 is 0 Å². The van der Waals surface area contributed by atoms with Crippen LogP contribution in [0.5, 0.6) is 0 Å². The van der Waals surface area contributed by atoms with Crippen LogP contribution in [0, 0.1) is 12.8 Å². The van der Waals surface area contributed by atoms with Gasteiger partial charge in [0.15, 0.2) is 0 Å². The maximum atomic E-state index is 12.8. The highest BCUT2D eigenvalue weighted by Crippen LogP contribution is 2.40. The van der Waals surface area contributed by atoms with E-state index in [0.29, 0.717) is 53.4 Å². The van der Waals surface area contributed by atoms with Gasteiger partial charge < -0.3 is 14.6 Å². The van der Waals surface area contributed by atoms with Gasteiger partial charge in [0.05, 0.1) is 29.4 Å². The highest BCUT2D eigenvalue weighted by atomic mass is 16.5. The van der Waals surface area contributed by atoms with Crippen LogP contribution in [0.25, 0.3) is 11.1 Å².